The molecular formula is C17H15N3OS. The molecule has 0 saturated carbocycles. The minimum atomic E-state index is -0.114. The number of benzene rings is 1. The highest BCUT2D eigenvalue weighted by atomic mass is 32.1. The van der Waals surface area contributed by atoms with Gasteiger partial charge < -0.3 is 10.6 Å². The number of para-hydroxylation sites is 1. The average molecular weight is 309 g/mol. The van der Waals surface area contributed by atoms with Crippen LogP contribution in [0.1, 0.15) is 15.2 Å². The number of hydrogen-bond donors (Lipinski definition) is 2. The predicted molar refractivity (Wildman–Crippen MR) is 91.0 cm³/mol. The monoisotopic (exact) mass is 309 g/mol. The minimum Gasteiger partial charge on any atom is -0.340 e. The van der Waals surface area contributed by atoms with Crippen molar-refractivity contribution in [3.05, 3.63) is 70.5 Å². The molecule has 0 aliphatic carbocycles. The van der Waals surface area contributed by atoms with Crippen LogP contribution in [-0.4, -0.2) is 10.9 Å². The Morgan fingerprint density at radius 3 is 2.64 bits per heavy atom. The minimum absolute atomic E-state index is 0.114. The zero-order valence-corrected chi connectivity index (χ0v) is 12.9. The molecule has 0 atom stereocenters. The average Bonchev–Trinajstić information content (AvgIpc) is 3.06. The maximum Gasteiger partial charge on any atom is 0.265 e. The summed E-state index contributed by atoms with van der Waals surface area (Å²) in [4.78, 5) is 17.0. The van der Waals surface area contributed by atoms with Crippen LogP contribution in [0.25, 0.3) is 0 Å². The Labute approximate surface area is 132 Å². The van der Waals surface area contributed by atoms with Gasteiger partial charge in [0.05, 0.1) is 16.8 Å². The first-order valence-electron chi connectivity index (χ1n) is 6.86. The van der Waals surface area contributed by atoms with Gasteiger partial charge in [-0.3, -0.25) is 4.79 Å². The number of aryl methyl sites for hydroxylation is 1. The summed E-state index contributed by atoms with van der Waals surface area (Å²) in [7, 11) is 0. The van der Waals surface area contributed by atoms with E-state index in [2.05, 4.69) is 15.6 Å². The zero-order valence-electron chi connectivity index (χ0n) is 12.0. The molecule has 4 nitrogen and oxygen atoms in total. The zero-order chi connectivity index (χ0) is 15.4. The van der Waals surface area contributed by atoms with Crippen molar-refractivity contribution in [1.29, 1.82) is 0 Å². The largest absolute Gasteiger partial charge is 0.340 e. The number of carbonyl (C=O) groups excluding carboxylic acids is 1. The van der Waals surface area contributed by atoms with Gasteiger partial charge in [0.1, 0.15) is 5.82 Å². The fraction of sp³-hybridized carbons (Fsp3) is 0.0588. The van der Waals surface area contributed by atoms with Crippen molar-refractivity contribution in [3.63, 3.8) is 0 Å². The summed E-state index contributed by atoms with van der Waals surface area (Å²) in [6.07, 6.45) is 1.64. The lowest BCUT2D eigenvalue weighted by Crippen LogP contribution is -2.10. The van der Waals surface area contributed by atoms with Crippen LogP contribution in [0.5, 0.6) is 0 Å². The van der Waals surface area contributed by atoms with Crippen LogP contribution < -0.4 is 10.6 Å². The maximum absolute atomic E-state index is 12.0. The summed E-state index contributed by atoms with van der Waals surface area (Å²) in [5, 5.41) is 7.96. The van der Waals surface area contributed by atoms with Crippen LogP contribution >= 0.6 is 11.3 Å². The van der Waals surface area contributed by atoms with Crippen molar-refractivity contribution in [3.8, 4) is 0 Å². The Kier molecular flexibility index (Phi) is 4.16. The summed E-state index contributed by atoms with van der Waals surface area (Å²) in [5.41, 5.74) is 2.85. The smallest absolute Gasteiger partial charge is 0.265 e. The van der Waals surface area contributed by atoms with E-state index in [4.69, 9.17) is 0 Å². The highest BCUT2D eigenvalue weighted by molar-refractivity contribution is 7.12. The molecule has 0 unspecified atom stereocenters. The highest BCUT2D eigenvalue weighted by Crippen LogP contribution is 2.20. The number of carbonyl (C=O) groups is 1. The molecule has 0 aliphatic rings. The van der Waals surface area contributed by atoms with Gasteiger partial charge >= 0.3 is 0 Å². The number of pyridine rings is 1. The van der Waals surface area contributed by atoms with E-state index >= 15 is 0 Å². The molecule has 1 aromatic carbocycles. The fourth-order valence-electron chi connectivity index (χ4n) is 1.99. The van der Waals surface area contributed by atoms with Gasteiger partial charge in [-0.05, 0) is 42.1 Å². The van der Waals surface area contributed by atoms with Gasteiger partial charge in [-0.1, -0.05) is 24.3 Å². The number of anilines is 3. The first kappa shape index (κ1) is 14.3. The molecule has 1 amide bonds. The molecular weight excluding hydrogens is 294 g/mol. The molecule has 0 radical (unpaired) electrons. The molecule has 3 aromatic rings. The number of hydrogen-bond acceptors (Lipinski definition) is 4. The topological polar surface area (TPSA) is 54.0 Å². The van der Waals surface area contributed by atoms with Gasteiger partial charge in [-0.2, -0.15) is 0 Å². The summed E-state index contributed by atoms with van der Waals surface area (Å²) in [6.45, 7) is 2.04. The van der Waals surface area contributed by atoms with Crippen molar-refractivity contribution in [1.82, 2.24) is 4.98 Å². The lowest BCUT2D eigenvalue weighted by molar-refractivity contribution is 0.103. The first-order valence-corrected chi connectivity index (χ1v) is 7.74. The third-order valence-electron chi connectivity index (χ3n) is 3.17. The molecule has 0 saturated heterocycles. The number of amides is 1. The van der Waals surface area contributed by atoms with E-state index in [0.29, 0.717) is 10.6 Å². The van der Waals surface area contributed by atoms with E-state index in [-0.39, 0.29) is 5.91 Å². The van der Waals surface area contributed by atoms with E-state index in [1.807, 2.05) is 54.8 Å². The Bertz CT molecular complexity index is 767. The number of thiophene rings is 1. The van der Waals surface area contributed by atoms with E-state index in [1.165, 1.54) is 11.3 Å². The number of nitrogens with zero attached hydrogens (tertiary/aromatic N) is 1. The van der Waals surface area contributed by atoms with Gasteiger partial charge in [-0.25, -0.2) is 4.98 Å². The lowest BCUT2D eigenvalue weighted by Gasteiger charge is -2.09. The molecule has 0 spiro atoms. The van der Waals surface area contributed by atoms with Crippen LogP contribution in [-0.2, 0) is 0 Å². The molecule has 2 heterocycles. The first-order chi connectivity index (χ1) is 10.7. The number of aromatic nitrogens is 1. The molecule has 2 N–H and O–H groups in total. The summed E-state index contributed by atoms with van der Waals surface area (Å²) < 4.78 is 0. The van der Waals surface area contributed by atoms with Crippen molar-refractivity contribution in [2.24, 2.45) is 0 Å². The number of rotatable bonds is 4. The van der Waals surface area contributed by atoms with Gasteiger partial charge in [0.15, 0.2) is 0 Å². The highest BCUT2D eigenvalue weighted by Gasteiger charge is 2.07. The quantitative estimate of drug-likeness (QED) is 0.748. The Morgan fingerprint density at radius 1 is 1.09 bits per heavy atom. The van der Waals surface area contributed by atoms with Crippen molar-refractivity contribution < 1.29 is 4.79 Å². The van der Waals surface area contributed by atoms with Gasteiger partial charge in [-0.15, -0.1) is 11.3 Å². The van der Waals surface area contributed by atoms with Gasteiger partial charge in [0.25, 0.3) is 5.91 Å². The summed E-state index contributed by atoms with van der Waals surface area (Å²) >= 11 is 1.41. The third kappa shape index (κ3) is 3.32. The fourth-order valence-corrected chi connectivity index (χ4v) is 2.61. The molecule has 22 heavy (non-hydrogen) atoms. The SMILES string of the molecule is Cc1ccccc1Nc1ccc(NC(=O)c2cccs2)cn1. The number of nitrogens with one attached hydrogen (secondary N) is 2. The van der Waals surface area contributed by atoms with Crippen LogP contribution in [0, 0.1) is 6.92 Å². The molecule has 0 bridgehead atoms. The maximum atomic E-state index is 12.0. The van der Waals surface area contributed by atoms with Crippen LogP contribution in [0.3, 0.4) is 0 Å². The molecule has 110 valence electrons. The van der Waals surface area contributed by atoms with E-state index in [0.717, 1.165) is 17.1 Å². The van der Waals surface area contributed by atoms with E-state index < -0.39 is 0 Å². The van der Waals surface area contributed by atoms with Crippen molar-refractivity contribution >= 4 is 34.4 Å². The van der Waals surface area contributed by atoms with Crippen molar-refractivity contribution in [2.75, 3.05) is 10.6 Å². The van der Waals surface area contributed by atoms with Crippen LogP contribution in [0.4, 0.5) is 17.2 Å². The van der Waals surface area contributed by atoms with Crippen LogP contribution in [0.2, 0.25) is 0 Å². The summed E-state index contributed by atoms with van der Waals surface area (Å²) in [5.74, 6) is 0.625. The second-order valence-electron chi connectivity index (χ2n) is 4.80. The Balaban J connectivity index is 1.68. The van der Waals surface area contributed by atoms with Gasteiger partial charge in [0.2, 0.25) is 0 Å². The lowest BCUT2D eigenvalue weighted by atomic mass is 10.2. The van der Waals surface area contributed by atoms with Gasteiger partial charge in [0, 0.05) is 5.69 Å². The second-order valence-corrected chi connectivity index (χ2v) is 5.75. The summed E-state index contributed by atoms with van der Waals surface area (Å²) in [6, 6.07) is 15.3. The second kappa shape index (κ2) is 6.41. The third-order valence-corrected chi connectivity index (χ3v) is 4.04. The molecule has 3 rings (SSSR count). The normalized spacial score (nSPS) is 10.2. The Morgan fingerprint density at radius 2 is 1.95 bits per heavy atom. The Hall–Kier alpha value is -2.66. The molecule has 2 aromatic heterocycles. The van der Waals surface area contributed by atoms with E-state index in [9.17, 15) is 4.79 Å². The predicted octanol–water partition coefficient (Wildman–Crippen LogP) is 4.45. The molecule has 0 aliphatic heterocycles. The molecule has 0 fully saturated rings. The van der Waals surface area contributed by atoms with Crippen molar-refractivity contribution in [2.45, 2.75) is 6.92 Å². The van der Waals surface area contributed by atoms with Crippen LogP contribution in [0.15, 0.2) is 60.1 Å². The standard InChI is InChI=1S/C17H15N3OS/c1-12-5-2-3-6-14(12)20-16-9-8-13(11-18-16)19-17(21)15-7-4-10-22-15/h2-11H,1H3,(H,18,20)(H,19,21). The molecule has 5 heteroatoms. The van der Waals surface area contributed by atoms with E-state index in [1.54, 1.807) is 12.3 Å².